The van der Waals surface area contributed by atoms with Crippen molar-refractivity contribution in [3.05, 3.63) is 53.0 Å². The number of fused-ring (bicyclic) bond motifs is 1. The van der Waals surface area contributed by atoms with E-state index >= 15 is 0 Å². The fraction of sp³-hybridized carbons (Fsp3) is 0.222. The van der Waals surface area contributed by atoms with Crippen LogP contribution < -0.4 is 14.8 Å². The van der Waals surface area contributed by atoms with Gasteiger partial charge in [0.05, 0.1) is 30.5 Å². The number of carbonyl (C=O) groups is 1. The predicted molar refractivity (Wildman–Crippen MR) is 95.0 cm³/mol. The molecule has 124 valence electrons. The fourth-order valence-corrected chi connectivity index (χ4v) is 3.24. The van der Waals surface area contributed by atoms with Gasteiger partial charge >= 0.3 is 0 Å². The van der Waals surface area contributed by atoms with E-state index in [9.17, 15) is 4.79 Å². The monoisotopic (exact) mass is 342 g/mol. The minimum Gasteiger partial charge on any atom is -0.493 e. The number of rotatable bonds is 6. The summed E-state index contributed by atoms with van der Waals surface area (Å²) in [5.41, 5.74) is 1.48. The van der Waals surface area contributed by atoms with Crippen LogP contribution in [0.25, 0.3) is 10.2 Å². The quantitative estimate of drug-likeness (QED) is 0.743. The second-order valence-corrected chi connectivity index (χ2v) is 6.17. The van der Waals surface area contributed by atoms with Gasteiger partial charge in [-0.05, 0) is 37.3 Å². The van der Waals surface area contributed by atoms with Crippen LogP contribution in [0, 0.1) is 0 Å². The highest BCUT2D eigenvalue weighted by atomic mass is 32.1. The molecular weight excluding hydrogens is 324 g/mol. The molecule has 0 aliphatic heterocycles. The summed E-state index contributed by atoms with van der Waals surface area (Å²) in [6.45, 7) is 2.84. The van der Waals surface area contributed by atoms with Gasteiger partial charge < -0.3 is 14.8 Å². The van der Waals surface area contributed by atoms with Gasteiger partial charge in [0.1, 0.15) is 5.01 Å². The summed E-state index contributed by atoms with van der Waals surface area (Å²) >= 11 is 1.58. The number of nitrogens with zero attached hydrogens (tertiary/aromatic N) is 1. The Bertz CT molecular complexity index is 827. The number of amides is 1. The van der Waals surface area contributed by atoms with E-state index in [-0.39, 0.29) is 5.91 Å². The minimum atomic E-state index is -0.171. The molecule has 0 saturated carbocycles. The zero-order valence-electron chi connectivity index (χ0n) is 13.5. The van der Waals surface area contributed by atoms with Crippen molar-refractivity contribution in [2.75, 3.05) is 13.7 Å². The molecule has 2 aromatic carbocycles. The Balaban J connectivity index is 1.70. The summed E-state index contributed by atoms with van der Waals surface area (Å²) in [6.07, 6.45) is 0. The Labute approximate surface area is 144 Å². The molecule has 5 nitrogen and oxygen atoms in total. The number of hydrogen-bond acceptors (Lipinski definition) is 5. The van der Waals surface area contributed by atoms with E-state index in [1.807, 2.05) is 31.2 Å². The summed E-state index contributed by atoms with van der Waals surface area (Å²) in [5, 5.41) is 3.77. The van der Waals surface area contributed by atoms with E-state index in [4.69, 9.17) is 9.47 Å². The number of ether oxygens (including phenoxy) is 2. The van der Waals surface area contributed by atoms with Crippen molar-refractivity contribution in [3.63, 3.8) is 0 Å². The molecule has 0 saturated heterocycles. The number of thiazole rings is 1. The maximum atomic E-state index is 12.3. The number of hydrogen-bond donors (Lipinski definition) is 1. The number of methoxy groups -OCH3 is 1. The van der Waals surface area contributed by atoms with Gasteiger partial charge in [0, 0.05) is 5.56 Å². The number of para-hydroxylation sites is 1. The zero-order valence-corrected chi connectivity index (χ0v) is 14.4. The van der Waals surface area contributed by atoms with E-state index in [0.717, 1.165) is 15.2 Å². The van der Waals surface area contributed by atoms with E-state index in [2.05, 4.69) is 10.3 Å². The molecule has 1 aromatic heterocycles. The molecule has 0 atom stereocenters. The molecule has 0 bridgehead atoms. The molecule has 0 aliphatic rings. The topological polar surface area (TPSA) is 60.5 Å². The molecule has 0 fully saturated rings. The van der Waals surface area contributed by atoms with Crippen LogP contribution >= 0.6 is 11.3 Å². The van der Waals surface area contributed by atoms with Crippen molar-refractivity contribution in [2.45, 2.75) is 13.5 Å². The molecule has 0 aliphatic carbocycles. The lowest BCUT2D eigenvalue weighted by Crippen LogP contribution is -2.22. The first kappa shape index (κ1) is 16.3. The van der Waals surface area contributed by atoms with Crippen LogP contribution in [0.2, 0.25) is 0 Å². The average Bonchev–Trinajstić information content (AvgIpc) is 3.03. The van der Waals surface area contributed by atoms with Gasteiger partial charge in [0.2, 0.25) is 0 Å². The molecule has 0 unspecified atom stereocenters. The van der Waals surface area contributed by atoms with Crippen LogP contribution in [-0.4, -0.2) is 24.6 Å². The first-order valence-electron chi connectivity index (χ1n) is 7.64. The van der Waals surface area contributed by atoms with Crippen LogP contribution in [-0.2, 0) is 6.54 Å². The average molecular weight is 342 g/mol. The fourth-order valence-electron chi connectivity index (χ4n) is 2.34. The summed E-state index contributed by atoms with van der Waals surface area (Å²) in [6, 6.07) is 13.1. The standard InChI is InChI=1S/C18H18N2O3S/c1-3-23-14-9-8-12(10-15(14)22-2)18(21)19-11-17-20-13-6-4-5-7-16(13)24-17/h4-10H,3,11H2,1-2H3,(H,19,21). The van der Waals surface area contributed by atoms with Gasteiger partial charge in [-0.3, -0.25) is 4.79 Å². The highest BCUT2D eigenvalue weighted by molar-refractivity contribution is 7.18. The maximum absolute atomic E-state index is 12.3. The highest BCUT2D eigenvalue weighted by Crippen LogP contribution is 2.28. The zero-order chi connectivity index (χ0) is 16.9. The molecule has 6 heteroatoms. The third kappa shape index (κ3) is 3.49. The Kier molecular flexibility index (Phi) is 4.96. The van der Waals surface area contributed by atoms with Crippen molar-refractivity contribution in [1.29, 1.82) is 0 Å². The number of aromatic nitrogens is 1. The number of benzene rings is 2. The van der Waals surface area contributed by atoms with Crippen molar-refractivity contribution in [3.8, 4) is 11.5 Å². The summed E-state index contributed by atoms with van der Waals surface area (Å²) in [5.74, 6) is 1.00. The maximum Gasteiger partial charge on any atom is 0.251 e. The Morgan fingerprint density at radius 1 is 1.21 bits per heavy atom. The van der Waals surface area contributed by atoms with Gasteiger partial charge in [0.25, 0.3) is 5.91 Å². The van der Waals surface area contributed by atoms with Crippen molar-refractivity contribution < 1.29 is 14.3 Å². The molecule has 3 aromatic rings. The highest BCUT2D eigenvalue weighted by Gasteiger charge is 2.12. The normalized spacial score (nSPS) is 10.6. The molecule has 1 heterocycles. The lowest BCUT2D eigenvalue weighted by Gasteiger charge is -2.10. The van der Waals surface area contributed by atoms with Crippen molar-refractivity contribution in [1.82, 2.24) is 10.3 Å². The van der Waals surface area contributed by atoms with E-state index in [0.29, 0.717) is 30.2 Å². The van der Waals surface area contributed by atoms with Crippen LogP contribution in [0.15, 0.2) is 42.5 Å². The largest absolute Gasteiger partial charge is 0.493 e. The van der Waals surface area contributed by atoms with Crippen molar-refractivity contribution >= 4 is 27.5 Å². The molecule has 1 N–H and O–H groups in total. The van der Waals surface area contributed by atoms with Gasteiger partial charge in [-0.15, -0.1) is 11.3 Å². The van der Waals surface area contributed by atoms with Crippen LogP contribution in [0.3, 0.4) is 0 Å². The second-order valence-electron chi connectivity index (χ2n) is 5.06. The summed E-state index contributed by atoms with van der Waals surface area (Å²) in [7, 11) is 1.56. The van der Waals surface area contributed by atoms with Crippen LogP contribution in [0.1, 0.15) is 22.3 Å². The van der Waals surface area contributed by atoms with Crippen LogP contribution in [0.5, 0.6) is 11.5 Å². The molecule has 3 rings (SSSR count). The van der Waals surface area contributed by atoms with Gasteiger partial charge in [0.15, 0.2) is 11.5 Å². The van der Waals surface area contributed by atoms with E-state index < -0.39 is 0 Å². The van der Waals surface area contributed by atoms with Gasteiger partial charge in [-0.25, -0.2) is 4.98 Å². The van der Waals surface area contributed by atoms with Gasteiger partial charge in [-0.2, -0.15) is 0 Å². The number of carbonyl (C=O) groups excluding carboxylic acids is 1. The van der Waals surface area contributed by atoms with Crippen LogP contribution in [0.4, 0.5) is 0 Å². The predicted octanol–water partition coefficient (Wildman–Crippen LogP) is 3.63. The Morgan fingerprint density at radius 3 is 2.79 bits per heavy atom. The molecule has 24 heavy (non-hydrogen) atoms. The smallest absolute Gasteiger partial charge is 0.251 e. The SMILES string of the molecule is CCOc1ccc(C(=O)NCc2nc3ccccc3s2)cc1OC. The third-order valence-electron chi connectivity index (χ3n) is 3.46. The lowest BCUT2D eigenvalue weighted by atomic mass is 10.2. The minimum absolute atomic E-state index is 0.171. The molecule has 0 radical (unpaired) electrons. The summed E-state index contributed by atoms with van der Waals surface area (Å²) in [4.78, 5) is 16.8. The molecule has 1 amide bonds. The summed E-state index contributed by atoms with van der Waals surface area (Å²) < 4.78 is 11.9. The van der Waals surface area contributed by atoms with Gasteiger partial charge in [-0.1, -0.05) is 12.1 Å². The van der Waals surface area contributed by atoms with E-state index in [1.165, 1.54) is 0 Å². The molecular formula is C18H18N2O3S. The van der Waals surface area contributed by atoms with E-state index in [1.54, 1.807) is 36.6 Å². The molecule has 0 spiro atoms. The first-order chi connectivity index (χ1) is 11.7. The third-order valence-corrected chi connectivity index (χ3v) is 4.50. The Morgan fingerprint density at radius 2 is 2.04 bits per heavy atom. The Hall–Kier alpha value is -2.60. The van der Waals surface area contributed by atoms with Crippen molar-refractivity contribution in [2.24, 2.45) is 0 Å². The lowest BCUT2D eigenvalue weighted by molar-refractivity contribution is 0.0950. The number of nitrogens with one attached hydrogen (secondary N) is 1. The second kappa shape index (κ2) is 7.31. The first-order valence-corrected chi connectivity index (χ1v) is 8.46.